The normalized spacial score (nSPS) is 6.80. The summed E-state index contributed by atoms with van der Waals surface area (Å²) in [5, 5.41) is 1.51. The molecule has 0 unspecified atom stereocenters. The minimum Gasteiger partial charge on any atom is -0.118 e. The summed E-state index contributed by atoms with van der Waals surface area (Å²) in [5.41, 5.74) is 0. The van der Waals surface area contributed by atoms with Crippen molar-refractivity contribution in [2.45, 2.75) is 0 Å². The molecule has 0 saturated carbocycles. The lowest BCUT2D eigenvalue weighted by Gasteiger charge is -1.80. The Bertz CT molecular complexity index is 33.9. The lowest BCUT2D eigenvalue weighted by Crippen LogP contribution is -2.03. The molecule has 0 N–H and O–H groups in total. The van der Waals surface area contributed by atoms with Crippen molar-refractivity contribution in [2.24, 2.45) is 0 Å². The molecule has 0 aromatic carbocycles. The van der Waals surface area contributed by atoms with E-state index in [0.717, 1.165) is 0 Å². The number of nitrogens with zero attached hydrogens (tertiary/aromatic N) is 1. The van der Waals surface area contributed by atoms with Crippen LogP contribution in [0.5, 0.6) is 0 Å². The van der Waals surface area contributed by atoms with Crippen molar-refractivity contribution >= 4 is 6.79 Å². The van der Waals surface area contributed by atoms with E-state index in [9.17, 15) is 0 Å². The van der Waals surface area contributed by atoms with E-state index in [-0.39, 0.29) is 0 Å². The van der Waals surface area contributed by atoms with E-state index in [0.29, 0.717) is 0 Å². The van der Waals surface area contributed by atoms with E-state index in [1.165, 1.54) is 5.06 Å². The van der Waals surface area contributed by atoms with E-state index in [4.69, 9.17) is 0 Å². The Labute approximate surface area is 31.7 Å². The molecule has 0 aromatic rings. The Balaban J connectivity index is 2.83. The fraction of sp³-hybridized carbons (Fsp3) is 0.667. The first-order valence-corrected chi connectivity index (χ1v) is 1.37. The zero-order valence-electron chi connectivity index (χ0n) is 3.56. The van der Waals surface area contributed by atoms with Crippen LogP contribution in [-0.2, 0) is 4.53 Å². The first-order chi connectivity index (χ1) is 2.27. The van der Waals surface area contributed by atoms with Gasteiger partial charge in [-0.3, -0.25) is 0 Å². The third-order valence-corrected chi connectivity index (χ3v) is 0.258. The van der Waals surface area contributed by atoms with Gasteiger partial charge in [0.2, 0.25) is 0 Å². The summed E-state index contributed by atoms with van der Waals surface area (Å²) >= 11 is 0. The summed E-state index contributed by atoms with van der Waals surface area (Å²) in [4.78, 5) is 0. The minimum atomic E-state index is 1.51. The van der Waals surface area contributed by atoms with Crippen molar-refractivity contribution in [3.05, 3.63) is 0 Å². The van der Waals surface area contributed by atoms with Gasteiger partial charge in [-0.05, 0) is 0 Å². The molecule has 2 heteroatoms. The Morgan fingerprint density at radius 3 is 1.80 bits per heavy atom. The van der Waals surface area contributed by atoms with Crippen molar-refractivity contribution < 1.29 is 4.53 Å². The fourth-order valence-corrected chi connectivity index (χ4v) is 0. The third-order valence-electron chi connectivity index (χ3n) is 0.258. The van der Waals surface area contributed by atoms with Gasteiger partial charge in [-0.2, -0.15) is 0 Å². The first kappa shape index (κ1) is 4.47. The molecule has 0 atom stereocenters. The summed E-state index contributed by atoms with van der Waals surface area (Å²) in [6, 6.07) is 0. The van der Waals surface area contributed by atoms with Gasteiger partial charge in [0.1, 0.15) is 0 Å². The molecule has 0 aromatic heterocycles. The topological polar surface area (TPSA) is 14.5 Å². The van der Waals surface area contributed by atoms with Crippen LogP contribution in [0.15, 0.2) is 0 Å². The van der Waals surface area contributed by atoms with Crippen LogP contribution in [-0.4, -0.2) is 25.9 Å². The van der Waals surface area contributed by atoms with Crippen molar-refractivity contribution in [1.29, 1.82) is 0 Å². The molecule has 0 heterocycles. The maximum absolute atomic E-state index is 4.33. The molecule has 0 spiro atoms. The summed E-state index contributed by atoms with van der Waals surface area (Å²) < 4.78 is 4.33. The van der Waals surface area contributed by atoms with Gasteiger partial charge < -0.3 is 0 Å². The summed E-state index contributed by atoms with van der Waals surface area (Å²) in [7, 11) is 3.54. The maximum atomic E-state index is 4.33. The Kier molecular flexibility index (Phi) is 1.57. The summed E-state index contributed by atoms with van der Waals surface area (Å²) in [5.74, 6) is 0. The van der Waals surface area contributed by atoms with Crippen molar-refractivity contribution in [3.63, 3.8) is 0 Å². The van der Waals surface area contributed by atoms with Crippen LogP contribution in [0.2, 0.25) is 0 Å². The van der Waals surface area contributed by atoms with E-state index in [1.54, 1.807) is 14.1 Å². The fourth-order valence-electron chi connectivity index (χ4n) is 0. The van der Waals surface area contributed by atoms with Crippen LogP contribution in [0.4, 0.5) is 0 Å². The number of hydrogen-bond donors (Lipinski definition) is 0. The van der Waals surface area contributed by atoms with Gasteiger partial charge in [-0.15, -0.1) is 4.53 Å². The van der Waals surface area contributed by atoms with Gasteiger partial charge in [0.15, 0.2) is 0 Å². The molecule has 0 saturated heterocycles. The first-order valence-electron chi connectivity index (χ1n) is 1.37. The standard InChI is InChI=1S/C3H8NO/c1-4(2)5-3/h3H2,1-2H3/q+1. The molecular formula is C3H8NO+. The monoisotopic (exact) mass is 74.1 g/mol. The third kappa shape index (κ3) is 3.47. The van der Waals surface area contributed by atoms with Crippen LogP contribution in [0.25, 0.3) is 0 Å². The average Bonchev–Trinajstić information content (AvgIpc) is 1.38. The molecule has 30 valence electrons. The summed E-state index contributed by atoms with van der Waals surface area (Å²) in [6.07, 6.45) is 0. The highest BCUT2D eigenvalue weighted by Crippen LogP contribution is 1.54. The van der Waals surface area contributed by atoms with E-state index < -0.39 is 0 Å². The molecule has 5 heavy (non-hydrogen) atoms. The molecule has 0 aliphatic carbocycles. The summed E-state index contributed by atoms with van der Waals surface area (Å²) in [6.45, 7) is 3.11. The number of rotatable bonds is 1. The molecular weight excluding hydrogens is 66.0 g/mol. The van der Waals surface area contributed by atoms with Gasteiger partial charge in [0.05, 0.1) is 14.1 Å². The van der Waals surface area contributed by atoms with Gasteiger partial charge in [0.25, 0.3) is 0 Å². The molecule has 2 nitrogen and oxygen atoms in total. The number of hydrogen-bond acceptors (Lipinski definition) is 1. The van der Waals surface area contributed by atoms with Crippen LogP contribution in [0, 0.1) is 0 Å². The second-order valence-electron chi connectivity index (χ2n) is 0.941. The van der Waals surface area contributed by atoms with Gasteiger partial charge in [-0.1, -0.05) is 5.06 Å². The Hall–Kier alpha value is -0.530. The molecule has 0 rings (SSSR count). The second kappa shape index (κ2) is 1.76. The van der Waals surface area contributed by atoms with E-state index in [2.05, 4.69) is 11.3 Å². The highest BCUT2D eigenvalue weighted by molar-refractivity contribution is 5.11. The zero-order chi connectivity index (χ0) is 4.28. The number of hydroxylamine groups is 2. The molecule has 0 aliphatic rings. The van der Waals surface area contributed by atoms with Gasteiger partial charge in [-0.25, -0.2) is 0 Å². The molecule has 0 amide bonds. The van der Waals surface area contributed by atoms with Gasteiger partial charge in [0, 0.05) is 0 Å². The lowest BCUT2D eigenvalue weighted by molar-refractivity contribution is -0.623. The highest BCUT2D eigenvalue weighted by atomic mass is 16.6. The molecule has 0 bridgehead atoms. The van der Waals surface area contributed by atoms with Crippen molar-refractivity contribution in [3.8, 4) is 0 Å². The molecule has 0 fully saturated rings. The van der Waals surface area contributed by atoms with Crippen LogP contribution >= 0.6 is 0 Å². The van der Waals surface area contributed by atoms with Crippen LogP contribution in [0.3, 0.4) is 0 Å². The van der Waals surface area contributed by atoms with E-state index >= 15 is 0 Å². The predicted octanol–water partition coefficient (Wildman–Crippen LogP) is -0.173. The van der Waals surface area contributed by atoms with Crippen molar-refractivity contribution in [1.82, 2.24) is 5.06 Å². The second-order valence-corrected chi connectivity index (χ2v) is 0.941. The maximum Gasteiger partial charge on any atom is 0.326 e. The molecule has 0 radical (unpaired) electrons. The van der Waals surface area contributed by atoms with Crippen molar-refractivity contribution in [2.75, 3.05) is 14.1 Å². The Morgan fingerprint density at radius 1 is 1.60 bits per heavy atom. The smallest absolute Gasteiger partial charge is 0.118 e. The highest BCUT2D eigenvalue weighted by Gasteiger charge is 1.78. The quantitative estimate of drug-likeness (QED) is 0.311. The Morgan fingerprint density at radius 2 is 1.80 bits per heavy atom. The van der Waals surface area contributed by atoms with Gasteiger partial charge >= 0.3 is 6.79 Å². The lowest BCUT2D eigenvalue weighted by atomic mass is 11.2. The average molecular weight is 74.1 g/mol. The SMILES string of the molecule is C=[O+]N(C)C. The predicted molar refractivity (Wildman–Crippen MR) is 20.8 cm³/mol. The van der Waals surface area contributed by atoms with E-state index in [1.807, 2.05) is 0 Å². The van der Waals surface area contributed by atoms with Crippen LogP contribution in [0.1, 0.15) is 0 Å². The van der Waals surface area contributed by atoms with Crippen LogP contribution < -0.4 is 0 Å². The largest absolute Gasteiger partial charge is 0.326 e. The molecule has 0 aliphatic heterocycles. The number of carbonyl (C=O) groups excluding carboxylic acids is 1. The zero-order valence-corrected chi connectivity index (χ0v) is 3.56. The minimum absolute atomic E-state index is 1.51.